The Kier molecular flexibility index (Phi) is 4.67. The fourth-order valence-corrected chi connectivity index (χ4v) is 2.70. The van der Waals surface area contributed by atoms with Gasteiger partial charge in [-0.25, -0.2) is 9.78 Å². The van der Waals surface area contributed by atoms with E-state index >= 15 is 0 Å². The molecule has 1 aromatic heterocycles. The Morgan fingerprint density at radius 1 is 1.33 bits per heavy atom. The molecule has 1 amide bonds. The van der Waals surface area contributed by atoms with Crippen molar-refractivity contribution in [1.29, 1.82) is 0 Å². The van der Waals surface area contributed by atoms with Crippen LogP contribution in [0.25, 0.3) is 10.2 Å². The first kappa shape index (κ1) is 15.6. The van der Waals surface area contributed by atoms with Crippen LogP contribution >= 0.6 is 11.3 Å². The van der Waals surface area contributed by atoms with E-state index in [2.05, 4.69) is 21.7 Å². The summed E-state index contributed by atoms with van der Waals surface area (Å²) in [7, 11) is 0. The minimum absolute atomic E-state index is 0.391. The number of benzene rings is 1. The minimum atomic E-state index is -0.466. The fourth-order valence-electron chi connectivity index (χ4n) is 1.84. The van der Waals surface area contributed by atoms with E-state index in [0.29, 0.717) is 13.1 Å². The zero-order valence-electron chi connectivity index (χ0n) is 12.8. The topological polar surface area (TPSA) is 63.2 Å². The van der Waals surface area contributed by atoms with Crippen molar-refractivity contribution in [2.45, 2.75) is 33.3 Å². The molecule has 21 heavy (non-hydrogen) atoms. The molecule has 0 unspecified atom stereocenters. The summed E-state index contributed by atoms with van der Waals surface area (Å²) >= 11 is 1.68. The first-order valence-electron chi connectivity index (χ1n) is 6.91. The van der Waals surface area contributed by atoms with Crippen LogP contribution in [-0.4, -0.2) is 29.8 Å². The lowest BCUT2D eigenvalue weighted by Crippen LogP contribution is -2.34. The van der Waals surface area contributed by atoms with Gasteiger partial charge in [-0.1, -0.05) is 0 Å². The number of aryl methyl sites for hydroxylation is 1. The van der Waals surface area contributed by atoms with Crippen molar-refractivity contribution >= 4 is 33.3 Å². The average Bonchev–Trinajstić information content (AvgIpc) is 2.71. The van der Waals surface area contributed by atoms with Crippen molar-refractivity contribution in [2.24, 2.45) is 0 Å². The third-order valence-electron chi connectivity index (χ3n) is 2.62. The van der Waals surface area contributed by atoms with E-state index < -0.39 is 11.7 Å². The molecule has 0 fully saturated rings. The molecule has 1 heterocycles. The molecule has 0 bridgehead atoms. The molecule has 0 radical (unpaired) electrons. The maximum Gasteiger partial charge on any atom is 0.407 e. The summed E-state index contributed by atoms with van der Waals surface area (Å²) in [6, 6.07) is 6.07. The Morgan fingerprint density at radius 2 is 2.10 bits per heavy atom. The van der Waals surface area contributed by atoms with E-state index in [-0.39, 0.29) is 0 Å². The zero-order valence-corrected chi connectivity index (χ0v) is 13.6. The number of anilines is 1. The maximum atomic E-state index is 11.5. The Morgan fingerprint density at radius 3 is 2.81 bits per heavy atom. The number of aromatic nitrogens is 1. The normalized spacial score (nSPS) is 11.4. The van der Waals surface area contributed by atoms with Gasteiger partial charge < -0.3 is 15.4 Å². The average molecular weight is 307 g/mol. The summed E-state index contributed by atoms with van der Waals surface area (Å²) in [5, 5.41) is 7.05. The first-order chi connectivity index (χ1) is 9.83. The molecule has 0 saturated carbocycles. The molecule has 0 aliphatic rings. The lowest BCUT2D eigenvalue weighted by Gasteiger charge is -2.19. The number of fused-ring (bicyclic) bond motifs is 1. The monoisotopic (exact) mass is 307 g/mol. The van der Waals surface area contributed by atoms with Crippen LogP contribution in [0.4, 0.5) is 10.5 Å². The molecule has 1 aromatic carbocycles. The number of hydrogen-bond acceptors (Lipinski definition) is 5. The third-order valence-corrected chi connectivity index (χ3v) is 3.55. The van der Waals surface area contributed by atoms with Crippen LogP contribution in [0.1, 0.15) is 25.8 Å². The number of amides is 1. The Hall–Kier alpha value is -1.82. The first-order valence-corrected chi connectivity index (χ1v) is 7.73. The summed E-state index contributed by atoms with van der Waals surface area (Å²) in [5.74, 6) is 0. The number of alkyl carbamates (subject to hydrolysis) is 1. The SMILES string of the molecule is Cc1nc2ccc(NCCNC(=O)OC(C)(C)C)cc2s1. The van der Waals surface area contributed by atoms with E-state index in [0.717, 1.165) is 20.9 Å². The Balaban J connectivity index is 1.78. The van der Waals surface area contributed by atoms with Crippen molar-refractivity contribution < 1.29 is 9.53 Å². The van der Waals surface area contributed by atoms with Crippen LogP contribution in [-0.2, 0) is 4.74 Å². The van der Waals surface area contributed by atoms with Gasteiger partial charge in [0.1, 0.15) is 5.60 Å². The van der Waals surface area contributed by atoms with Gasteiger partial charge in [-0.2, -0.15) is 0 Å². The maximum absolute atomic E-state index is 11.5. The van der Waals surface area contributed by atoms with E-state index in [1.165, 1.54) is 0 Å². The van der Waals surface area contributed by atoms with Crippen LogP contribution in [0.3, 0.4) is 0 Å². The van der Waals surface area contributed by atoms with Gasteiger partial charge in [0, 0.05) is 18.8 Å². The van der Waals surface area contributed by atoms with Crippen molar-refractivity contribution in [3.63, 3.8) is 0 Å². The van der Waals surface area contributed by atoms with Gasteiger partial charge in [-0.05, 0) is 45.9 Å². The van der Waals surface area contributed by atoms with Gasteiger partial charge >= 0.3 is 6.09 Å². The van der Waals surface area contributed by atoms with Gasteiger partial charge in [0.15, 0.2) is 0 Å². The molecule has 0 saturated heterocycles. The molecule has 2 rings (SSSR count). The van der Waals surface area contributed by atoms with E-state index in [1.54, 1.807) is 11.3 Å². The molecule has 114 valence electrons. The third kappa shape index (κ3) is 4.90. The van der Waals surface area contributed by atoms with Crippen LogP contribution in [0.2, 0.25) is 0 Å². The van der Waals surface area contributed by atoms with E-state index in [1.807, 2.05) is 39.8 Å². The predicted octanol–water partition coefficient (Wildman–Crippen LogP) is 3.54. The highest BCUT2D eigenvalue weighted by Gasteiger charge is 2.15. The molecule has 0 spiro atoms. The van der Waals surface area contributed by atoms with Crippen LogP contribution < -0.4 is 10.6 Å². The molecule has 2 aromatic rings. The van der Waals surface area contributed by atoms with Gasteiger partial charge in [0.25, 0.3) is 0 Å². The van der Waals surface area contributed by atoms with Gasteiger partial charge in [-0.15, -0.1) is 11.3 Å². The smallest absolute Gasteiger partial charge is 0.407 e. The zero-order chi connectivity index (χ0) is 15.5. The van der Waals surface area contributed by atoms with Gasteiger partial charge in [-0.3, -0.25) is 0 Å². The quantitative estimate of drug-likeness (QED) is 0.848. The number of carbonyl (C=O) groups is 1. The van der Waals surface area contributed by atoms with Crippen LogP contribution in [0, 0.1) is 6.92 Å². The number of thiazole rings is 1. The summed E-state index contributed by atoms with van der Waals surface area (Å²) in [6.07, 6.45) is -0.391. The Labute approximate surface area is 128 Å². The standard InChI is InChI=1S/C15H21N3O2S/c1-10-18-12-6-5-11(9-13(12)21-10)16-7-8-17-14(19)20-15(2,3)4/h5-6,9,16H,7-8H2,1-4H3,(H,17,19). The van der Waals surface area contributed by atoms with Gasteiger partial charge in [0.2, 0.25) is 0 Å². The second-order valence-electron chi connectivity index (χ2n) is 5.77. The molecular formula is C15H21N3O2S. The number of nitrogens with zero attached hydrogens (tertiary/aromatic N) is 1. The highest BCUT2D eigenvalue weighted by atomic mass is 32.1. The van der Waals surface area contributed by atoms with E-state index in [9.17, 15) is 4.79 Å². The van der Waals surface area contributed by atoms with Crippen molar-refractivity contribution in [1.82, 2.24) is 10.3 Å². The molecule has 2 N–H and O–H groups in total. The molecule has 6 heteroatoms. The molecule has 5 nitrogen and oxygen atoms in total. The minimum Gasteiger partial charge on any atom is -0.444 e. The molecule has 0 aliphatic carbocycles. The summed E-state index contributed by atoms with van der Waals surface area (Å²) in [4.78, 5) is 15.9. The van der Waals surface area contributed by atoms with Gasteiger partial charge in [0.05, 0.1) is 15.2 Å². The number of nitrogens with one attached hydrogen (secondary N) is 2. The van der Waals surface area contributed by atoms with Crippen LogP contribution in [0.5, 0.6) is 0 Å². The number of rotatable bonds is 4. The molecule has 0 atom stereocenters. The predicted molar refractivity (Wildman–Crippen MR) is 87.1 cm³/mol. The highest BCUT2D eigenvalue weighted by molar-refractivity contribution is 7.18. The summed E-state index contributed by atoms with van der Waals surface area (Å²) in [5.41, 5.74) is 1.58. The number of ether oxygens (including phenoxy) is 1. The largest absolute Gasteiger partial charge is 0.444 e. The fraction of sp³-hybridized carbons (Fsp3) is 0.467. The Bertz CT molecular complexity index is 631. The number of hydrogen-bond donors (Lipinski definition) is 2. The highest BCUT2D eigenvalue weighted by Crippen LogP contribution is 2.24. The summed E-state index contributed by atoms with van der Waals surface area (Å²) < 4.78 is 6.33. The van der Waals surface area contributed by atoms with Crippen LogP contribution in [0.15, 0.2) is 18.2 Å². The molecule has 0 aliphatic heterocycles. The second kappa shape index (κ2) is 6.30. The lowest BCUT2D eigenvalue weighted by atomic mass is 10.2. The van der Waals surface area contributed by atoms with E-state index in [4.69, 9.17) is 4.74 Å². The molecular weight excluding hydrogens is 286 g/mol. The second-order valence-corrected chi connectivity index (χ2v) is 7.01. The van der Waals surface area contributed by atoms with Crippen molar-refractivity contribution in [3.05, 3.63) is 23.2 Å². The number of carbonyl (C=O) groups excluding carboxylic acids is 1. The van der Waals surface area contributed by atoms with Crippen molar-refractivity contribution in [2.75, 3.05) is 18.4 Å². The summed E-state index contributed by atoms with van der Waals surface area (Å²) in [6.45, 7) is 8.69. The lowest BCUT2D eigenvalue weighted by molar-refractivity contribution is 0.0530. The van der Waals surface area contributed by atoms with Crippen molar-refractivity contribution in [3.8, 4) is 0 Å².